The molecule has 1 aromatic carbocycles. The van der Waals surface area contributed by atoms with Crippen molar-refractivity contribution >= 4 is 35.1 Å². The van der Waals surface area contributed by atoms with Crippen LogP contribution in [-0.2, 0) is 19.1 Å². The first-order chi connectivity index (χ1) is 11.3. The molecular formula is C16H21ClN2O5. The number of nitrogen functional groups attached to an aromatic ring is 1. The minimum atomic E-state index is -0.803. The van der Waals surface area contributed by atoms with Crippen LogP contribution in [0.4, 0.5) is 5.69 Å². The number of carbonyl (C=O) groups is 3. The Balaban J connectivity index is 2.66. The predicted molar refractivity (Wildman–Crippen MR) is 89.5 cm³/mol. The summed E-state index contributed by atoms with van der Waals surface area (Å²) in [7, 11) is 1.24. The topological polar surface area (TPSA) is 108 Å². The summed E-state index contributed by atoms with van der Waals surface area (Å²) >= 11 is 5.80. The molecule has 0 aromatic heterocycles. The van der Waals surface area contributed by atoms with Gasteiger partial charge in [-0.2, -0.15) is 0 Å². The van der Waals surface area contributed by atoms with Crippen LogP contribution in [0.25, 0.3) is 0 Å². The van der Waals surface area contributed by atoms with Crippen molar-refractivity contribution in [3.8, 4) is 0 Å². The van der Waals surface area contributed by atoms with Gasteiger partial charge in [0.15, 0.2) is 6.61 Å². The molecule has 0 radical (unpaired) electrons. The van der Waals surface area contributed by atoms with Gasteiger partial charge >= 0.3 is 11.9 Å². The molecule has 0 saturated heterocycles. The fourth-order valence-electron chi connectivity index (χ4n) is 1.93. The van der Waals surface area contributed by atoms with E-state index in [2.05, 4.69) is 10.1 Å². The maximum absolute atomic E-state index is 12.0. The van der Waals surface area contributed by atoms with Crippen LogP contribution < -0.4 is 11.1 Å². The van der Waals surface area contributed by atoms with Crippen LogP contribution in [0.1, 0.15) is 30.6 Å². The van der Waals surface area contributed by atoms with E-state index in [9.17, 15) is 14.4 Å². The lowest BCUT2D eigenvalue weighted by Crippen LogP contribution is -2.47. The number of nitrogens with two attached hydrogens (primary N) is 1. The molecule has 0 aliphatic rings. The summed E-state index contributed by atoms with van der Waals surface area (Å²) in [5.74, 6) is -2.06. The van der Waals surface area contributed by atoms with Crippen molar-refractivity contribution in [2.75, 3.05) is 19.5 Å². The van der Waals surface area contributed by atoms with E-state index in [1.165, 1.54) is 25.3 Å². The van der Waals surface area contributed by atoms with Crippen LogP contribution in [0, 0.1) is 5.92 Å². The van der Waals surface area contributed by atoms with Gasteiger partial charge in [0, 0.05) is 10.7 Å². The van der Waals surface area contributed by atoms with Crippen LogP contribution in [0.15, 0.2) is 18.2 Å². The van der Waals surface area contributed by atoms with Crippen molar-refractivity contribution in [2.24, 2.45) is 5.92 Å². The monoisotopic (exact) mass is 356 g/mol. The standard InChI is InChI=1S/C16H21ClN2O5/c1-4-9(2)14(16(22)23-3)19-13(20)8-24-15(21)11-7-10(17)5-6-12(11)18/h5-7,9,14H,4,8,18H2,1-3H3,(H,19,20)/t9-,14+/m1/s1. The van der Waals surface area contributed by atoms with E-state index in [4.69, 9.17) is 22.1 Å². The zero-order valence-corrected chi connectivity index (χ0v) is 14.6. The van der Waals surface area contributed by atoms with E-state index in [1.807, 2.05) is 6.92 Å². The van der Waals surface area contributed by atoms with Gasteiger partial charge in [0.2, 0.25) is 0 Å². The highest BCUT2D eigenvalue weighted by atomic mass is 35.5. The second-order valence-corrected chi connectivity index (χ2v) is 5.70. The molecule has 0 aliphatic heterocycles. The van der Waals surface area contributed by atoms with Gasteiger partial charge in [0.1, 0.15) is 6.04 Å². The first kappa shape index (κ1) is 19.8. The highest BCUT2D eigenvalue weighted by Crippen LogP contribution is 2.18. The van der Waals surface area contributed by atoms with Crippen molar-refractivity contribution in [3.63, 3.8) is 0 Å². The van der Waals surface area contributed by atoms with Crippen molar-refractivity contribution in [3.05, 3.63) is 28.8 Å². The van der Waals surface area contributed by atoms with Gasteiger partial charge in [-0.15, -0.1) is 0 Å². The lowest BCUT2D eigenvalue weighted by molar-refractivity contribution is -0.147. The number of esters is 2. The van der Waals surface area contributed by atoms with E-state index < -0.39 is 30.5 Å². The summed E-state index contributed by atoms with van der Waals surface area (Å²) in [5, 5.41) is 2.83. The number of hydrogen-bond donors (Lipinski definition) is 2. The van der Waals surface area contributed by atoms with Crippen molar-refractivity contribution in [2.45, 2.75) is 26.3 Å². The summed E-state index contributed by atoms with van der Waals surface area (Å²) in [6.07, 6.45) is 0.666. The maximum Gasteiger partial charge on any atom is 0.340 e. The SMILES string of the molecule is CC[C@@H](C)[C@H](NC(=O)COC(=O)c1cc(Cl)ccc1N)C(=O)OC. The molecule has 0 saturated carbocycles. The zero-order valence-electron chi connectivity index (χ0n) is 13.8. The molecule has 0 bridgehead atoms. The van der Waals surface area contributed by atoms with Crippen LogP contribution >= 0.6 is 11.6 Å². The van der Waals surface area contributed by atoms with Crippen LogP contribution in [0.5, 0.6) is 0 Å². The van der Waals surface area contributed by atoms with Gasteiger partial charge < -0.3 is 20.5 Å². The number of ether oxygens (including phenoxy) is 2. The summed E-state index contributed by atoms with van der Waals surface area (Å²) in [5.41, 5.74) is 5.93. The maximum atomic E-state index is 12.0. The average Bonchev–Trinajstić information content (AvgIpc) is 2.58. The van der Waals surface area contributed by atoms with Crippen molar-refractivity contribution in [1.82, 2.24) is 5.32 Å². The Morgan fingerprint density at radius 2 is 2.00 bits per heavy atom. The lowest BCUT2D eigenvalue weighted by atomic mass is 9.99. The molecule has 0 spiro atoms. The van der Waals surface area contributed by atoms with E-state index in [0.717, 1.165) is 0 Å². The Hall–Kier alpha value is -2.28. The van der Waals surface area contributed by atoms with Crippen LogP contribution in [0.2, 0.25) is 5.02 Å². The Kier molecular flexibility index (Phi) is 7.51. The molecular weight excluding hydrogens is 336 g/mol. The van der Waals surface area contributed by atoms with E-state index in [0.29, 0.717) is 11.4 Å². The normalized spacial score (nSPS) is 12.8. The molecule has 3 N–H and O–H groups in total. The second-order valence-electron chi connectivity index (χ2n) is 5.26. The molecule has 2 atom stereocenters. The van der Waals surface area contributed by atoms with Crippen molar-refractivity contribution in [1.29, 1.82) is 0 Å². The fourth-order valence-corrected chi connectivity index (χ4v) is 2.10. The molecule has 0 fully saturated rings. The van der Waals surface area contributed by atoms with Crippen molar-refractivity contribution < 1.29 is 23.9 Å². The zero-order chi connectivity index (χ0) is 18.3. The number of hydrogen-bond acceptors (Lipinski definition) is 6. The Labute approximate surface area is 145 Å². The minimum Gasteiger partial charge on any atom is -0.467 e. The van der Waals surface area contributed by atoms with Gasteiger partial charge in [-0.3, -0.25) is 4.79 Å². The number of amides is 1. The number of methoxy groups -OCH3 is 1. The second kappa shape index (κ2) is 9.12. The largest absolute Gasteiger partial charge is 0.467 e. The summed E-state index contributed by atoms with van der Waals surface area (Å²) in [6, 6.07) is 3.55. The number of halogens is 1. The molecule has 132 valence electrons. The highest BCUT2D eigenvalue weighted by molar-refractivity contribution is 6.31. The molecule has 1 rings (SSSR count). The minimum absolute atomic E-state index is 0.0711. The molecule has 8 heteroatoms. The molecule has 24 heavy (non-hydrogen) atoms. The third kappa shape index (κ3) is 5.42. The summed E-state index contributed by atoms with van der Waals surface area (Å²) in [4.78, 5) is 35.6. The quantitative estimate of drug-likeness (QED) is 0.569. The molecule has 0 unspecified atom stereocenters. The summed E-state index contributed by atoms with van der Waals surface area (Å²) in [6.45, 7) is 3.14. The van der Waals surface area contributed by atoms with Gasteiger partial charge in [-0.05, 0) is 24.1 Å². The number of benzene rings is 1. The molecule has 0 aliphatic carbocycles. The molecule has 7 nitrogen and oxygen atoms in total. The highest BCUT2D eigenvalue weighted by Gasteiger charge is 2.27. The Morgan fingerprint density at radius 3 is 2.58 bits per heavy atom. The number of nitrogens with one attached hydrogen (secondary N) is 1. The van der Waals surface area contributed by atoms with Crippen LogP contribution in [-0.4, -0.2) is 37.6 Å². The van der Waals surface area contributed by atoms with E-state index in [-0.39, 0.29) is 17.2 Å². The van der Waals surface area contributed by atoms with Gasteiger partial charge in [0.25, 0.3) is 5.91 Å². The number of anilines is 1. The fraction of sp³-hybridized carbons (Fsp3) is 0.438. The van der Waals surface area contributed by atoms with Crippen LogP contribution in [0.3, 0.4) is 0 Å². The van der Waals surface area contributed by atoms with Gasteiger partial charge in [0.05, 0.1) is 12.7 Å². The summed E-state index contributed by atoms with van der Waals surface area (Å²) < 4.78 is 9.58. The molecule has 1 aromatic rings. The Bertz CT molecular complexity index is 620. The first-order valence-corrected chi connectivity index (χ1v) is 7.77. The van der Waals surface area contributed by atoms with E-state index >= 15 is 0 Å². The van der Waals surface area contributed by atoms with E-state index in [1.54, 1.807) is 6.92 Å². The Morgan fingerprint density at radius 1 is 1.33 bits per heavy atom. The predicted octanol–water partition coefficient (Wildman–Crippen LogP) is 1.78. The number of carbonyl (C=O) groups excluding carboxylic acids is 3. The van der Waals surface area contributed by atoms with Gasteiger partial charge in [-0.1, -0.05) is 31.9 Å². The smallest absolute Gasteiger partial charge is 0.340 e. The molecule has 1 amide bonds. The first-order valence-electron chi connectivity index (χ1n) is 7.39. The molecule has 0 heterocycles. The number of rotatable bonds is 7. The average molecular weight is 357 g/mol. The third-order valence-corrected chi connectivity index (χ3v) is 3.79. The lowest BCUT2D eigenvalue weighted by Gasteiger charge is -2.21. The third-order valence-electron chi connectivity index (χ3n) is 3.55. The van der Waals surface area contributed by atoms with Gasteiger partial charge in [-0.25, -0.2) is 9.59 Å².